The predicted octanol–water partition coefficient (Wildman–Crippen LogP) is 1.53. The second-order valence-corrected chi connectivity index (χ2v) is 5.38. The average molecular weight is 256 g/mol. The van der Waals surface area contributed by atoms with Crippen LogP contribution in [0, 0.1) is 0 Å². The third-order valence-corrected chi connectivity index (χ3v) is 4.52. The van der Waals surface area contributed by atoms with Crippen molar-refractivity contribution >= 4 is 17.7 Å². The van der Waals surface area contributed by atoms with E-state index in [4.69, 9.17) is 9.84 Å². The highest BCUT2D eigenvalue weighted by Crippen LogP contribution is 2.29. The van der Waals surface area contributed by atoms with Crippen molar-refractivity contribution in [3.05, 3.63) is 17.5 Å². The Kier molecular flexibility index (Phi) is 3.73. The van der Waals surface area contributed by atoms with E-state index in [-0.39, 0.29) is 6.10 Å². The molecule has 1 fully saturated rings. The third kappa shape index (κ3) is 2.63. The largest absolute Gasteiger partial charge is 0.478 e. The molecular weight excluding hydrogens is 240 g/mol. The number of carbonyl (C=O) groups is 1. The van der Waals surface area contributed by atoms with Crippen molar-refractivity contribution in [2.75, 3.05) is 6.61 Å². The van der Waals surface area contributed by atoms with Crippen LogP contribution in [0.3, 0.4) is 0 Å². The molecule has 2 rings (SSSR count). The smallest absolute Gasteiger partial charge is 0.339 e. The Labute approximate surface area is 104 Å². The Morgan fingerprint density at radius 3 is 3.12 bits per heavy atom. The summed E-state index contributed by atoms with van der Waals surface area (Å²) in [6.45, 7) is 2.86. The van der Waals surface area contributed by atoms with E-state index in [1.165, 1.54) is 6.20 Å². The van der Waals surface area contributed by atoms with E-state index in [2.05, 4.69) is 12.0 Å². The molecule has 0 bridgehead atoms. The van der Waals surface area contributed by atoms with Crippen molar-refractivity contribution in [1.82, 2.24) is 9.78 Å². The van der Waals surface area contributed by atoms with Gasteiger partial charge in [-0.3, -0.25) is 4.68 Å². The minimum atomic E-state index is -0.913. The topological polar surface area (TPSA) is 64.3 Å². The Morgan fingerprint density at radius 1 is 1.76 bits per heavy atom. The van der Waals surface area contributed by atoms with Gasteiger partial charge in [0.1, 0.15) is 5.56 Å². The van der Waals surface area contributed by atoms with Gasteiger partial charge >= 0.3 is 5.97 Å². The summed E-state index contributed by atoms with van der Waals surface area (Å²) in [4.78, 5) is 11.0. The molecule has 0 aliphatic carbocycles. The number of hydrogen-bond donors (Lipinski definition) is 1. The number of carboxylic acid groups (broad SMARTS) is 1. The van der Waals surface area contributed by atoms with Crippen LogP contribution >= 0.6 is 11.8 Å². The van der Waals surface area contributed by atoms with Crippen LogP contribution in [0.5, 0.6) is 0 Å². The molecular formula is C11H16N2O3S. The molecule has 2 atom stereocenters. The lowest BCUT2D eigenvalue weighted by molar-refractivity contribution is 0.0696. The molecule has 1 aromatic rings. The molecule has 5 nitrogen and oxygen atoms in total. The Morgan fingerprint density at radius 2 is 2.53 bits per heavy atom. The summed E-state index contributed by atoms with van der Waals surface area (Å²) < 4.78 is 7.12. The van der Waals surface area contributed by atoms with Crippen LogP contribution in [-0.4, -0.2) is 38.8 Å². The first-order valence-corrected chi connectivity index (χ1v) is 6.62. The fraction of sp³-hybridized carbons (Fsp3) is 0.636. The molecule has 2 unspecified atom stereocenters. The second kappa shape index (κ2) is 5.10. The van der Waals surface area contributed by atoms with E-state index >= 15 is 0 Å². The first-order chi connectivity index (χ1) is 8.09. The third-order valence-electron chi connectivity index (χ3n) is 3.03. The molecule has 1 aliphatic rings. The average Bonchev–Trinajstić information content (AvgIpc) is 2.82. The predicted molar refractivity (Wildman–Crippen MR) is 65.3 cm³/mol. The maximum absolute atomic E-state index is 11.0. The molecule has 6 heteroatoms. The number of carboxylic acids is 1. The standard InChI is InChI=1S/C11H16N2O3S/c1-7-10(3-4-16-7)17-6-9-8(11(14)15)5-12-13(9)2/h5,7,10H,3-4,6H2,1-2H3,(H,14,15). The van der Waals surface area contributed by atoms with Gasteiger partial charge in [0.15, 0.2) is 0 Å². The zero-order valence-corrected chi connectivity index (χ0v) is 10.7. The lowest BCUT2D eigenvalue weighted by Crippen LogP contribution is -2.14. The minimum absolute atomic E-state index is 0.251. The highest BCUT2D eigenvalue weighted by atomic mass is 32.2. The van der Waals surface area contributed by atoms with E-state index < -0.39 is 5.97 Å². The molecule has 0 aromatic carbocycles. The van der Waals surface area contributed by atoms with Gasteiger partial charge in [-0.15, -0.1) is 11.8 Å². The number of aromatic nitrogens is 2. The van der Waals surface area contributed by atoms with Crippen LogP contribution in [0.1, 0.15) is 29.4 Å². The summed E-state index contributed by atoms with van der Waals surface area (Å²) in [7, 11) is 1.77. The fourth-order valence-corrected chi connectivity index (χ4v) is 3.26. The number of aryl methyl sites for hydroxylation is 1. The van der Waals surface area contributed by atoms with Gasteiger partial charge in [0.05, 0.1) is 18.0 Å². The summed E-state index contributed by atoms with van der Waals surface area (Å²) in [5.74, 6) is -0.249. The van der Waals surface area contributed by atoms with E-state index in [1.54, 1.807) is 23.5 Å². The first kappa shape index (κ1) is 12.4. The van der Waals surface area contributed by atoms with Gasteiger partial charge in [0.25, 0.3) is 0 Å². The van der Waals surface area contributed by atoms with Gasteiger partial charge in [0, 0.05) is 24.7 Å². The minimum Gasteiger partial charge on any atom is -0.478 e. The number of aromatic carboxylic acids is 1. The molecule has 0 radical (unpaired) electrons. The van der Waals surface area contributed by atoms with Gasteiger partial charge < -0.3 is 9.84 Å². The van der Waals surface area contributed by atoms with Crippen LogP contribution in [0.4, 0.5) is 0 Å². The molecule has 0 amide bonds. The molecule has 1 aliphatic heterocycles. The summed E-state index contributed by atoms with van der Waals surface area (Å²) in [5.41, 5.74) is 1.06. The van der Waals surface area contributed by atoms with Crippen molar-refractivity contribution in [2.24, 2.45) is 7.05 Å². The lowest BCUT2D eigenvalue weighted by atomic mass is 10.2. The Balaban J connectivity index is 2.03. The molecule has 1 saturated heterocycles. The Hall–Kier alpha value is -1.01. The van der Waals surface area contributed by atoms with Crippen molar-refractivity contribution in [1.29, 1.82) is 0 Å². The number of thioether (sulfide) groups is 1. The second-order valence-electron chi connectivity index (χ2n) is 4.15. The molecule has 1 aromatic heterocycles. The van der Waals surface area contributed by atoms with Crippen molar-refractivity contribution in [3.63, 3.8) is 0 Å². The lowest BCUT2D eigenvalue weighted by Gasteiger charge is -2.13. The maximum atomic E-state index is 11.0. The van der Waals surface area contributed by atoms with Gasteiger partial charge in [-0.05, 0) is 13.3 Å². The van der Waals surface area contributed by atoms with E-state index in [0.29, 0.717) is 16.6 Å². The van der Waals surface area contributed by atoms with E-state index in [0.717, 1.165) is 18.7 Å². The molecule has 94 valence electrons. The summed E-state index contributed by atoms with van der Waals surface area (Å²) >= 11 is 1.75. The van der Waals surface area contributed by atoms with Crippen LogP contribution in [0.15, 0.2) is 6.20 Å². The summed E-state index contributed by atoms with van der Waals surface area (Å²) in [5, 5.41) is 13.5. The molecule has 1 N–H and O–H groups in total. The highest BCUT2D eigenvalue weighted by Gasteiger charge is 2.25. The number of rotatable bonds is 4. The quantitative estimate of drug-likeness (QED) is 0.885. The molecule has 0 spiro atoms. The normalized spacial score (nSPS) is 24.1. The Bertz CT molecular complexity index is 419. The monoisotopic (exact) mass is 256 g/mol. The van der Waals surface area contributed by atoms with Gasteiger partial charge in [0.2, 0.25) is 0 Å². The van der Waals surface area contributed by atoms with Gasteiger partial charge in [-0.2, -0.15) is 5.10 Å². The zero-order chi connectivity index (χ0) is 12.4. The van der Waals surface area contributed by atoms with Gasteiger partial charge in [-0.1, -0.05) is 0 Å². The van der Waals surface area contributed by atoms with Crippen LogP contribution in [0.2, 0.25) is 0 Å². The zero-order valence-electron chi connectivity index (χ0n) is 9.92. The van der Waals surface area contributed by atoms with Crippen molar-refractivity contribution < 1.29 is 14.6 Å². The fourth-order valence-electron chi connectivity index (χ4n) is 1.93. The molecule has 17 heavy (non-hydrogen) atoms. The van der Waals surface area contributed by atoms with Gasteiger partial charge in [-0.25, -0.2) is 4.79 Å². The van der Waals surface area contributed by atoms with Crippen LogP contribution < -0.4 is 0 Å². The maximum Gasteiger partial charge on any atom is 0.339 e. The SMILES string of the molecule is CC1OCCC1SCc1c(C(=O)O)cnn1C. The van der Waals surface area contributed by atoms with Crippen LogP contribution in [0.25, 0.3) is 0 Å². The number of nitrogens with zero attached hydrogens (tertiary/aromatic N) is 2. The molecule has 2 heterocycles. The first-order valence-electron chi connectivity index (χ1n) is 5.57. The number of ether oxygens (including phenoxy) is 1. The van der Waals surface area contributed by atoms with Crippen LogP contribution in [-0.2, 0) is 17.5 Å². The number of hydrogen-bond acceptors (Lipinski definition) is 4. The summed E-state index contributed by atoms with van der Waals surface area (Å²) in [6, 6.07) is 0. The summed E-state index contributed by atoms with van der Waals surface area (Å²) in [6.07, 6.45) is 2.69. The van der Waals surface area contributed by atoms with Crippen molar-refractivity contribution in [3.8, 4) is 0 Å². The van der Waals surface area contributed by atoms with E-state index in [9.17, 15) is 4.79 Å². The van der Waals surface area contributed by atoms with E-state index in [1.807, 2.05) is 0 Å². The molecule has 0 saturated carbocycles. The van der Waals surface area contributed by atoms with Crippen molar-refractivity contribution in [2.45, 2.75) is 30.5 Å². The highest BCUT2D eigenvalue weighted by molar-refractivity contribution is 7.99.